The lowest BCUT2D eigenvalue weighted by atomic mass is 10.1. The van der Waals surface area contributed by atoms with Crippen molar-refractivity contribution in [2.45, 2.75) is 0 Å². The summed E-state index contributed by atoms with van der Waals surface area (Å²) in [5, 5.41) is 0. The normalized spacial score (nSPS) is 20.2. The highest BCUT2D eigenvalue weighted by molar-refractivity contribution is 5.38. The van der Waals surface area contributed by atoms with Gasteiger partial charge in [0, 0.05) is 25.0 Å². The molecule has 0 amide bonds. The third kappa shape index (κ3) is 1.21. The number of allylic oxidation sites excluding steroid dienone is 3. The van der Waals surface area contributed by atoms with Gasteiger partial charge in [0.15, 0.2) is 0 Å². The van der Waals surface area contributed by atoms with Crippen LogP contribution in [0.25, 0.3) is 0 Å². The molecule has 0 aliphatic carbocycles. The van der Waals surface area contributed by atoms with Gasteiger partial charge in [-0.2, -0.15) is 0 Å². The molecule has 0 spiro atoms. The van der Waals surface area contributed by atoms with E-state index in [1.54, 1.807) is 0 Å². The van der Waals surface area contributed by atoms with Gasteiger partial charge in [-0.25, -0.2) is 0 Å². The van der Waals surface area contributed by atoms with Gasteiger partial charge in [0.2, 0.25) is 0 Å². The molecular weight excluding hydrogens is 148 g/mol. The zero-order valence-corrected chi connectivity index (χ0v) is 6.90. The Morgan fingerprint density at radius 1 is 1.42 bits per heavy atom. The van der Waals surface area contributed by atoms with Crippen LogP contribution in [-0.2, 0) is 0 Å². The predicted octanol–water partition coefficient (Wildman–Crippen LogP) is 1.15. The SMILES string of the molecule is NCC1=CCN2C=CC=CC2=C1. The number of nitrogens with two attached hydrogens (primary N) is 1. The van der Waals surface area contributed by atoms with E-state index in [1.165, 1.54) is 11.3 Å². The van der Waals surface area contributed by atoms with Crippen LogP contribution in [0.1, 0.15) is 0 Å². The highest BCUT2D eigenvalue weighted by atomic mass is 15.1. The molecule has 2 N–H and O–H groups in total. The highest BCUT2D eigenvalue weighted by Crippen LogP contribution is 2.18. The second kappa shape index (κ2) is 2.99. The Kier molecular flexibility index (Phi) is 1.84. The van der Waals surface area contributed by atoms with Gasteiger partial charge in [-0.15, -0.1) is 0 Å². The molecule has 0 radical (unpaired) electrons. The average molecular weight is 160 g/mol. The van der Waals surface area contributed by atoms with Gasteiger partial charge >= 0.3 is 0 Å². The Balaban J connectivity index is 2.26. The van der Waals surface area contributed by atoms with Crippen LogP contribution in [0.3, 0.4) is 0 Å². The van der Waals surface area contributed by atoms with Crippen LogP contribution in [0, 0.1) is 0 Å². The minimum absolute atomic E-state index is 0.634. The van der Waals surface area contributed by atoms with Crippen molar-refractivity contribution in [2.24, 2.45) is 5.73 Å². The summed E-state index contributed by atoms with van der Waals surface area (Å²) in [5.41, 5.74) is 8.01. The van der Waals surface area contributed by atoms with Crippen LogP contribution in [-0.4, -0.2) is 18.0 Å². The van der Waals surface area contributed by atoms with Gasteiger partial charge in [0.1, 0.15) is 0 Å². The van der Waals surface area contributed by atoms with Crippen molar-refractivity contribution in [3.8, 4) is 0 Å². The van der Waals surface area contributed by atoms with Crippen molar-refractivity contribution in [1.82, 2.24) is 4.90 Å². The second-order valence-electron chi connectivity index (χ2n) is 2.91. The van der Waals surface area contributed by atoms with Gasteiger partial charge in [-0.05, 0) is 23.8 Å². The van der Waals surface area contributed by atoms with Crippen LogP contribution < -0.4 is 5.73 Å². The molecule has 2 rings (SSSR count). The monoisotopic (exact) mass is 160 g/mol. The van der Waals surface area contributed by atoms with E-state index in [4.69, 9.17) is 5.73 Å². The first-order valence-corrected chi connectivity index (χ1v) is 4.12. The van der Waals surface area contributed by atoms with Crippen molar-refractivity contribution in [3.63, 3.8) is 0 Å². The molecule has 0 bridgehead atoms. The number of hydrogen-bond donors (Lipinski definition) is 1. The van der Waals surface area contributed by atoms with Crippen molar-refractivity contribution in [2.75, 3.05) is 13.1 Å². The number of nitrogens with zero attached hydrogens (tertiary/aromatic N) is 1. The quantitative estimate of drug-likeness (QED) is 0.623. The Morgan fingerprint density at radius 3 is 3.17 bits per heavy atom. The fourth-order valence-corrected chi connectivity index (χ4v) is 1.39. The summed E-state index contributed by atoms with van der Waals surface area (Å²) in [4.78, 5) is 2.19. The third-order valence-corrected chi connectivity index (χ3v) is 2.09. The third-order valence-electron chi connectivity index (χ3n) is 2.09. The molecule has 0 saturated carbocycles. The molecule has 2 heterocycles. The van der Waals surface area contributed by atoms with E-state index in [0.29, 0.717) is 6.54 Å². The van der Waals surface area contributed by atoms with E-state index >= 15 is 0 Å². The molecule has 2 aliphatic heterocycles. The second-order valence-corrected chi connectivity index (χ2v) is 2.91. The Hall–Kier alpha value is -1.28. The first-order chi connectivity index (χ1) is 5.90. The van der Waals surface area contributed by atoms with Crippen LogP contribution >= 0.6 is 0 Å². The molecule has 2 aliphatic rings. The number of rotatable bonds is 1. The standard InChI is InChI=1S/C10H12N2/c11-8-9-4-6-12-5-2-1-3-10(12)7-9/h1-5,7H,6,8,11H2. The molecule has 0 aromatic rings. The molecule has 0 saturated heterocycles. The zero-order valence-electron chi connectivity index (χ0n) is 6.90. The number of hydrogen-bond acceptors (Lipinski definition) is 2. The Morgan fingerprint density at radius 2 is 2.33 bits per heavy atom. The van der Waals surface area contributed by atoms with E-state index < -0.39 is 0 Å². The summed E-state index contributed by atoms with van der Waals surface area (Å²) >= 11 is 0. The Bertz CT molecular complexity index is 295. The maximum absolute atomic E-state index is 5.55. The summed E-state index contributed by atoms with van der Waals surface area (Å²) < 4.78 is 0. The average Bonchev–Trinajstić information content (AvgIpc) is 2.17. The fraction of sp³-hybridized carbons (Fsp3) is 0.200. The molecule has 0 unspecified atom stereocenters. The maximum Gasteiger partial charge on any atom is 0.0412 e. The van der Waals surface area contributed by atoms with E-state index in [9.17, 15) is 0 Å². The molecule has 2 heteroatoms. The Labute approximate surface area is 72.4 Å². The van der Waals surface area contributed by atoms with E-state index in [-0.39, 0.29) is 0 Å². The molecule has 0 aromatic heterocycles. The van der Waals surface area contributed by atoms with E-state index in [2.05, 4.69) is 29.3 Å². The lowest BCUT2D eigenvalue weighted by molar-refractivity contribution is 0.520. The molecular formula is C10H12N2. The molecule has 0 fully saturated rings. The fourth-order valence-electron chi connectivity index (χ4n) is 1.39. The summed E-state index contributed by atoms with van der Waals surface area (Å²) in [5.74, 6) is 0. The largest absolute Gasteiger partial charge is 0.344 e. The van der Waals surface area contributed by atoms with Crippen molar-refractivity contribution in [3.05, 3.63) is 47.9 Å². The smallest absolute Gasteiger partial charge is 0.0412 e. The van der Waals surface area contributed by atoms with Crippen LogP contribution in [0.2, 0.25) is 0 Å². The molecule has 12 heavy (non-hydrogen) atoms. The maximum atomic E-state index is 5.55. The van der Waals surface area contributed by atoms with Crippen LogP contribution in [0.4, 0.5) is 0 Å². The van der Waals surface area contributed by atoms with Crippen molar-refractivity contribution < 1.29 is 0 Å². The topological polar surface area (TPSA) is 29.3 Å². The van der Waals surface area contributed by atoms with Crippen molar-refractivity contribution in [1.29, 1.82) is 0 Å². The first-order valence-electron chi connectivity index (χ1n) is 4.12. The summed E-state index contributed by atoms with van der Waals surface area (Å²) in [6.45, 7) is 1.58. The molecule has 2 nitrogen and oxygen atoms in total. The summed E-state index contributed by atoms with van der Waals surface area (Å²) in [6.07, 6.45) is 12.6. The summed E-state index contributed by atoms with van der Waals surface area (Å²) in [6, 6.07) is 0. The van der Waals surface area contributed by atoms with Gasteiger partial charge in [-0.3, -0.25) is 0 Å². The lowest BCUT2D eigenvalue weighted by Gasteiger charge is -2.26. The number of fused-ring (bicyclic) bond motifs is 1. The molecule has 0 aromatic carbocycles. The van der Waals surface area contributed by atoms with Gasteiger partial charge in [0.25, 0.3) is 0 Å². The van der Waals surface area contributed by atoms with Gasteiger partial charge < -0.3 is 10.6 Å². The van der Waals surface area contributed by atoms with Gasteiger partial charge in [0.05, 0.1) is 0 Å². The minimum Gasteiger partial charge on any atom is -0.344 e. The highest BCUT2D eigenvalue weighted by Gasteiger charge is 2.09. The molecule has 62 valence electrons. The van der Waals surface area contributed by atoms with Crippen LogP contribution in [0.15, 0.2) is 47.9 Å². The minimum atomic E-state index is 0.634. The van der Waals surface area contributed by atoms with E-state index in [1.807, 2.05) is 12.2 Å². The van der Waals surface area contributed by atoms with Crippen molar-refractivity contribution >= 4 is 0 Å². The lowest BCUT2D eigenvalue weighted by Crippen LogP contribution is -2.22. The van der Waals surface area contributed by atoms with E-state index in [0.717, 1.165) is 6.54 Å². The predicted molar refractivity (Wildman–Crippen MR) is 50.2 cm³/mol. The zero-order chi connectivity index (χ0) is 8.39. The first kappa shape index (κ1) is 7.37. The molecule has 0 atom stereocenters. The summed E-state index contributed by atoms with van der Waals surface area (Å²) in [7, 11) is 0. The van der Waals surface area contributed by atoms with Crippen LogP contribution in [0.5, 0.6) is 0 Å². The van der Waals surface area contributed by atoms with Gasteiger partial charge in [-0.1, -0.05) is 12.2 Å².